The largest absolute Gasteiger partial charge is 0.491 e. The Bertz CT molecular complexity index is 1180. The van der Waals surface area contributed by atoms with Crippen LogP contribution in [-0.4, -0.2) is 72.0 Å². The predicted octanol–water partition coefficient (Wildman–Crippen LogP) is 1.85. The quantitative estimate of drug-likeness (QED) is 0.212. The van der Waals surface area contributed by atoms with E-state index in [2.05, 4.69) is 9.97 Å². The average molecular weight is 573 g/mol. The van der Waals surface area contributed by atoms with E-state index in [0.29, 0.717) is 79.8 Å². The van der Waals surface area contributed by atoms with Gasteiger partial charge in [0.1, 0.15) is 12.6 Å². The van der Waals surface area contributed by atoms with Gasteiger partial charge in [-0.2, -0.15) is 0 Å². The topological polar surface area (TPSA) is 156 Å². The number of nitrogens with zero attached hydrogens (tertiary/aromatic N) is 4. The van der Waals surface area contributed by atoms with E-state index in [1.165, 1.54) is 24.3 Å². The van der Waals surface area contributed by atoms with Crippen molar-refractivity contribution in [2.45, 2.75) is 58.3 Å². The third-order valence-electron chi connectivity index (χ3n) is 6.19. The Kier molecular flexibility index (Phi) is 10.4. The van der Waals surface area contributed by atoms with Gasteiger partial charge in [0, 0.05) is 19.3 Å². The van der Waals surface area contributed by atoms with Gasteiger partial charge in [-0.05, 0) is 23.3 Å². The molecule has 14 nitrogen and oxygen atoms in total. The molecule has 2 aliphatic heterocycles. The predicted molar refractivity (Wildman–Crippen MR) is 138 cm³/mol. The van der Waals surface area contributed by atoms with E-state index in [-0.39, 0.29) is 38.9 Å². The first-order valence-corrected chi connectivity index (χ1v) is 13.1. The standard InChI is InChI=1S/C27H32N4O10/c1-36-22-12-18-14-30(40-24(34)6-3-8-32)16-20(18)28-26(22)38-10-5-11-39-27-23(37-2)13-19-15-31(17-21(19)29-27)41-25(35)7-4-9-33/h8-9,12-13H,3-7,10-11,14-17H2,1-2H3. The highest BCUT2D eigenvalue weighted by Gasteiger charge is 2.28. The van der Waals surface area contributed by atoms with Gasteiger partial charge < -0.3 is 38.2 Å². The van der Waals surface area contributed by atoms with Gasteiger partial charge >= 0.3 is 11.9 Å². The summed E-state index contributed by atoms with van der Waals surface area (Å²) in [5, 5.41) is 2.96. The Labute approximate surface area is 236 Å². The van der Waals surface area contributed by atoms with E-state index in [9.17, 15) is 19.2 Å². The first-order valence-electron chi connectivity index (χ1n) is 13.1. The summed E-state index contributed by atoms with van der Waals surface area (Å²) in [6, 6.07) is 3.60. The van der Waals surface area contributed by atoms with E-state index in [1.807, 2.05) is 0 Å². The number of hydrogen-bond acceptors (Lipinski definition) is 14. The van der Waals surface area contributed by atoms with Gasteiger partial charge in [0.15, 0.2) is 11.5 Å². The molecule has 0 aliphatic carbocycles. The number of ether oxygens (including phenoxy) is 4. The summed E-state index contributed by atoms with van der Waals surface area (Å²) in [6.07, 6.45) is 2.13. The molecule has 0 spiro atoms. The maximum absolute atomic E-state index is 11.8. The van der Waals surface area contributed by atoms with Crippen LogP contribution in [0, 0.1) is 0 Å². The SMILES string of the molecule is COc1cc2c(nc1OCCCOc1nc3c(cc1OC)CN(OC(=O)CCC=O)C3)CN(OC(=O)CCC=O)C2. The lowest BCUT2D eigenvalue weighted by Gasteiger charge is -2.13. The van der Waals surface area contributed by atoms with Gasteiger partial charge in [0.05, 0.1) is 77.8 Å². The summed E-state index contributed by atoms with van der Waals surface area (Å²) < 4.78 is 22.6. The Balaban J connectivity index is 1.27. The van der Waals surface area contributed by atoms with Crippen molar-refractivity contribution in [2.75, 3.05) is 27.4 Å². The zero-order valence-corrected chi connectivity index (χ0v) is 23.0. The molecule has 14 heteroatoms. The van der Waals surface area contributed by atoms with Crippen LogP contribution in [0.1, 0.15) is 54.6 Å². The summed E-state index contributed by atoms with van der Waals surface area (Å²) in [7, 11) is 3.04. The molecule has 0 atom stereocenters. The maximum Gasteiger partial charge on any atom is 0.325 e. The van der Waals surface area contributed by atoms with Gasteiger partial charge in [-0.3, -0.25) is 9.59 Å². The highest BCUT2D eigenvalue weighted by Crippen LogP contribution is 2.34. The fraction of sp³-hybridized carbons (Fsp3) is 0.481. The number of methoxy groups -OCH3 is 2. The van der Waals surface area contributed by atoms with Crippen LogP contribution in [0.5, 0.6) is 23.3 Å². The molecule has 0 aromatic carbocycles. The number of rotatable bonds is 16. The van der Waals surface area contributed by atoms with Crippen molar-refractivity contribution < 1.29 is 47.8 Å². The van der Waals surface area contributed by atoms with E-state index in [4.69, 9.17) is 28.6 Å². The molecule has 2 aromatic heterocycles. The lowest BCUT2D eigenvalue weighted by molar-refractivity contribution is -0.194. The van der Waals surface area contributed by atoms with Gasteiger partial charge in [0.25, 0.3) is 11.8 Å². The zero-order valence-electron chi connectivity index (χ0n) is 23.0. The molecule has 0 N–H and O–H groups in total. The van der Waals surface area contributed by atoms with Crippen molar-refractivity contribution in [3.05, 3.63) is 34.6 Å². The molecule has 220 valence electrons. The monoisotopic (exact) mass is 572 g/mol. The van der Waals surface area contributed by atoms with Crippen molar-refractivity contribution in [3.63, 3.8) is 0 Å². The molecule has 4 heterocycles. The third-order valence-corrected chi connectivity index (χ3v) is 6.19. The van der Waals surface area contributed by atoms with Crippen LogP contribution in [0.3, 0.4) is 0 Å². The number of aromatic nitrogens is 2. The van der Waals surface area contributed by atoms with Crippen LogP contribution >= 0.6 is 0 Å². The minimum Gasteiger partial charge on any atom is -0.491 e. The normalized spacial score (nSPS) is 14.1. The first-order chi connectivity index (χ1) is 19.9. The Morgan fingerprint density at radius 2 is 1.20 bits per heavy atom. The highest BCUT2D eigenvalue weighted by molar-refractivity contribution is 5.72. The molecule has 0 unspecified atom stereocenters. The highest BCUT2D eigenvalue weighted by atomic mass is 16.7. The Morgan fingerprint density at radius 1 is 0.756 bits per heavy atom. The van der Waals surface area contributed by atoms with Crippen molar-refractivity contribution in [1.29, 1.82) is 0 Å². The second-order valence-corrected chi connectivity index (χ2v) is 9.19. The molecule has 41 heavy (non-hydrogen) atoms. The smallest absolute Gasteiger partial charge is 0.325 e. The lowest BCUT2D eigenvalue weighted by Crippen LogP contribution is -2.21. The molecule has 2 aromatic rings. The first kappa shape index (κ1) is 29.7. The van der Waals surface area contributed by atoms with Crippen molar-refractivity contribution >= 4 is 24.5 Å². The molecule has 0 fully saturated rings. The van der Waals surface area contributed by atoms with Crippen LogP contribution in [0.25, 0.3) is 0 Å². The van der Waals surface area contributed by atoms with Gasteiger partial charge in [-0.1, -0.05) is 0 Å². The molecule has 4 rings (SSSR count). The third kappa shape index (κ3) is 7.89. The number of carbonyl (C=O) groups excluding carboxylic acids is 4. The van der Waals surface area contributed by atoms with E-state index in [0.717, 1.165) is 11.1 Å². The number of fused-ring (bicyclic) bond motifs is 2. The number of pyridine rings is 2. The second kappa shape index (κ2) is 14.4. The fourth-order valence-corrected chi connectivity index (χ4v) is 4.24. The summed E-state index contributed by atoms with van der Waals surface area (Å²) in [5.41, 5.74) is 3.11. The van der Waals surface area contributed by atoms with Crippen LogP contribution in [0.2, 0.25) is 0 Å². The van der Waals surface area contributed by atoms with E-state index >= 15 is 0 Å². The number of carbonyl (C=O) groups is 4. The fourth-order valence-electron chi connectivity index (χ4n) is 4.24. The van der Waals surface area contributed by atoms with Crippen molar-refractivity contribution in [1.82, 2.24) is 20.1 Å². The number of aldehydes is 2. The summed E-state index contributed by atoms with van der Waals surface area (Å²) in [4.78, 5) is 64.3. The lowest BCUT2D eigenvalue weighted by atomic mass is 10.2. The van der Waals surface area contributed by atoms with Crippen LogP contribution in [0.4, 0.5) is 0 Å². The number of hydroxylamine groups is 4. The second-order valence-electron chi connectivity index (χ2n) is 9.19. The van der Waals surface area contributed by atoms with Gasteiger partial charge in [0.2, 0.25) is 0 Å². The van der Waals surface area contributed by atoms with Crippen molar-refractivity contribution in [3.8, 4) is 23.3 Å². The summed E-state index contributed by atoms with van der Waals surface area (Å²) in [5.74, 6) is 0.589. The molecule has 0 saturated heterocycles. The van der Waals surface area contributed by atoms with Crippen LogP contribution in [0.15, 0.2) is 12.1 Å². The molecular formula is C27H32N4O10. The molecule has 0 bridgehead atoms. The molecule has 0 amide bonds. The van der Waals surface area contributed by atoms with Crippen LogP contribution in [-0.2, 0) is 55.0 Å². The summed E-state index contributed by atoms with van der Waals surface area (Å²) in [6.45, 7) is 1.87. The molecular weight excluding hydrogens is 540 g/mol. The van der Waals surface area contributed by atoms with Crippen molar-refractivity contribution in [2.24, 2.45) is 0 Å². The Hall–Kier alpha value is -4.30. The van der Waals surface area contributed by atoms with Gasteiger partial charge in [-0.25, -0.2) is 9.97 Å². The van der Waals surface area contributed by atoms with Crippen LogP contribution < -0.4 is 18.9 Å². The molecule has 0 radical (unpaired) electrons. The van der Waals surface area contributed by atoms with E-state index < -0.39 is 11.9 Å². The zero-order chi connectivity index (χ0) is 29.2. The maximum atomic E-state index is 11.8. The molecule has 2 aliphatic rings. The summed E-state index contributed by atoms with van der Waals surface area (Å²) >= 11 is 0. The average Bonchev–Trinajstić information content (AvgIpc) is 3.55. The van der Waals surface area contributed by atoms with Gasteiger partial charge in [-0.15, -0.1) is 10.1 Å². The minimum atomic E-state index is -0.477. The minimum absolute atomic E-state index is 0.0215. The Morgan fingerprint density at radius 3 is 1.59 bits per heavy atom. The number of hydrogen-bond donors (Lipinski definition) is 0. The molecule has 0 saturated carbocycles. The van der Waals surface area contributed by atoms with E-state index in [1.54, 1.807) is 12.1 Å².